The van der Waals surface area contributed by atoms with Crippen molar-refractivity contribution in [3.8, 4) is 0 Å². The van der Waals surface area contributed by atoms with Gasteiger partial charge in [0, 0.05) is 77.5 Å². The Labute approximate surface area is 142 Å². The van der Waals surface area contributed by atoms with Crippen LogP contribution in [0.25, 0.3) is 0 Å². The van der Waals surface area contributed by atoms with E-state index in [4.69, 9.17) is 0 Å². The fraction of sp³-hybridized carbons (Fsp3) is 0.941. The second kappa shape index (κ2) is 8.85. The molecule has 3 heterocycles. The van der Waals surface area contributed by atoms with Gasteiger partial charge in [0.2, 0.25) is 0 Å². The second-order valence-corrected chi connectivity index (χ2v) is 7.30. The van der Waals surface area contributed by atoms with E-state index in [0.717, 1.165) is 25.6 Å². The highest BCUT2D eigenvalue weighted by atomic mass is 15.4. The maximum Gasteiger partial charge on any atom is 0.191 e. The average molecular weight is 325 g/mol. The Morgan fingerprint density at radius 3 is 2.22 bits per heavy atom. The molecule has 0 amide bonds. The van der Waals surface area contributed by atoms with Gasteiger partial charge in [0.1, 0.15) is 0 Å². The summed E-state index contributed by atoms with van der Waals surface area (Å²) in [5, 5.41) is 6.97. The van der Waals surface area contributed by atoms with Gasteiger partial charge in [0.15, 0.2) is 5.96 Å². The van der Waals surface area contributed by atoms with E-state index in [0.29, 0.717) is 18.1 Å². The minimum atomic E-state index is 0.575. The van der Waals surface area contributed by atoms with Crippen LogP contribution in [-0.4, -0.2) is 98.2 Å². The molecule has 0 spiro atoms. The second-order valence-electron chi connectivity index (χ2n) is 7.30. The normalized spacial score (nSPS) is 28.0. The minimum Gasteiger partial charge on any atom is -0.355 e. The highest BCUT2D eigenvalue weighted by molar-refractivity contribution is 5.79. The van der Waals surface area contributed by atoms with Crippen LogP contribution in [0.2, 0.25) is 0 Å². The summed E-state index contributed by atoms with van der Waals surface area (Å²) in [6, 6.07) is 1.77. The van der Waals surface area contributed by atoms with Crippen LogP contribution >= 0.6 is 0 Å². The molecule has 3 rings (SSSR count). The Balaban J connectivity index is 1.69. The van der Waals surface area contributed by atoms with Gasteiger partial charge < -0.3 is 10.6 Å². The van der Waals surface area contributed by atoms with Crippen molar-refractivity contribution in [3.05, 3.63) is 0 Å². The molecule has 0 aromatic heterocycles. The first kappa shape index (κ1) is 18.5. The number of nitrogens with zero attached hydrogens (tertiary/aromatic N) is 4. The molecule has 1 atom stereocenters. The van der Waals surface area contributed by atoms with Gasteiger partial charge >= 0.3 is 0 Å². The molecule has 3 saturated heterocycles. The molecule has 23 heavy (non-hydrogen) atoms. The van der Waals surface area contributed by atoms with Crippen LogP contribution in [0.4, 0.5) is 0 Å². The number of guanidine groups is 1. The van der Waals surface area contributed by atoms with Gasteiger partial charge in [0.25, 0.3) is 0 Å². The van der Waals surface area contributed by atoms with E-state index >= 15 is 0 Å². The molecule has 0 saturated carbocycles. The Bertz CT molecular complexity index is 365. The van der Waals surface area contributed by atoms with Crippen molar-refractivity contribution in [1.29, 1.82) is 0 Å². The number of rotatable bonds is 7. The molecule has 6 nitrogen and oxygen atoms in total. The number of nitrogens with one attached hydrogen (secondary N) is 2. The van der Waals surface area contributed by atoms with Crippen molar-refractivity contribution in [1.82, 2.24) is 25.3 Å². The molecule has 134 valence electrons. The Kier molecular flexibility index (Phi) is 7.11. The highest BCUT2D eigenvalue weighted by Crippen LogP contribution is 2.14. The standard InChI is InChI=1S/C17H36N6/c1-14(2)23(15(3)4)7-6-19-17(18-5)20-12-16-13-21-8-10-22(16)11-9-21/h14-16H,6-13H2,1-5H3,(H2,18,19,20). The first-order valence-corrected chi connectivity index (χ1v) is 9.18. The minimum absolute atomic E-state index is 0.575. The van der Waals surface area contributed by atoms with E-state index in [1.807, 2.05) is 7.05 Å². The summed E-state index contributed by atoms with van der Waals surface area (Å²) in [5.41, 5.74) is 0. The Morgan fingerprint density at radius 1 is 1.09 bits per heavy atom. The zero-order valence-corrected chi connectivity index (χ0v) is 15.7. The zero-order chi connectivity index (χ0) is 16.8. The van der Waals surface area contributed by atoms with Crippen molar-refractivity contribution in [2.45, 2.75) is 45.8 Å². The molecule has 0 radical (unpaired) electrons. The molecular weight excluding hydrogens is 288 g/mol. The summed E-state index contributed by atoms with van der Waals surface area (Å²) in [5.74, 6) is 0.926. The van der Waals surface area contributed by atoms with E-state index in [1.165, 1.54) is 32.7 Å². The zero-order valence-electron chi connectivity index (χ0n) is 15.7. The lowest BCUT2D eigenvalue weighted by Crippen LogP contribution is -2.64. The van der Waals surface area contributed by atoms with Gasteiger partial charge in [-0.15, -0.1) is 0 Å². The van der Waals surface area contributed by atoms with Crippen LogP contribution < -0.4 is 10.6 Å². The van der Waals surface area contributed by atoms with Crippen LogP contribution in [0.3, 0.4) is 0 Å². The van der Waals surface area contributed by atoms with Crippen molar-refractivity contribution in [2.24, 2.45) is 4.99 Å². The molecule has 0 aliphatic carbocycles. The van der Waals surface area contributed by atoms with Gasteiger partial charge in [0.05, 0.1) is 0 Å². The lowest BCUT2D eigenvalue weighted by atomic mass is 10.1. The molecular formula is C17H36N6. The number of hydrogen-bond acceptors (Lipinski definition) is 4. The maximum atomic E-state index is 4.36. The number of hydrogen-bond donors (Lipinski definition) is 2. The summed E-state index contributed by atoms with van der Waals surface area (Å²) < 4.78 is 0. The molecule has 3 aliphatic rings. The molecule has 1 unspecified atom stereocenters. The third-order valence-corrected chi connectivity index (χ3v) is 5.11. The van der Waals surface area contributed by atoms with Crippen molar-refractivity contribution < 1.29 is 0 Å². The van der Waals surface area contributed by atoms with Crippen LogP contribution in [0.5, 0.6) is 0 Å². The number of piperazine rings is 3. The van der Waals surface area contributed by atoms with Crippen molar-refractivity contribution in [3.63, 3.8) is 0 Å². The Morgan fingerprint density at radius 2 is 1.74 bits per heavy atom. The fourth-order valence-electron chi connectivity index (χ4n) is 3.77. The van der Waals surface area contributed by atoms with Gasteiger partial charge in [-0.3, -0.25) is 19.7 Å². The predicted octanol–water partition coefficient (Wildman–Crippen LogP) is 0.270. The first-order valence-electron chi connectivity index (χ1n) is 9.18. The molecule has 0 aromatic carbocycles. The summed E-state index contributed by atoms with van der Waals surface area (Å²) in [7, 11) is 1.86. The number of fused-ring (bicyclic) bond motifs is 3. The van der Waals surface area contributed by atoms with E-state index in [9.17, 15) is 0 Å². The van der Waals surface area contributed by atoms with Crippen molar-refractivity contribution in [2.75, 3.05) is 59.4 Å². The van der Waals surface area contributed by atoms with E-state index < -0.39 is 0 Å². The lowest BCUT2D eigenvalue weighted by Gasteiger charge is -2.47. The van der Waals surface area contributed by atoms with Crippen molar-refractivity contribution >= 4 is 5.96 Å². The molecule has 0 aromatic rings. The van der Waals surface area contributed by atoms with Gasteiger partial charge in [-0.25, -0.2) is 0 Å². The van der Waals surface area contributed by atoms with E-state index in [2.05, 4.69) is 58.0 Å². The van der Waals surface area contributed by atoms with Crippen LogP contribution in [0.15, 0.2) is 4.99 Å². The Hall–Kier alpha value is -0.850. The van der Waals surface area contributed by atoms with Gasteiger partial charge in [-0.05, 0) is 27.7 Å². The summed E-state index contributed by atoms with van der Waals surface area (Å²) in [6.07, 6.45) is 0. The van der Waals surface area contributed by atoms with Crippen LogP contribution in [0, 0.1) is 0 Å². The summed E-state index contributed by atoms with van der Waals surface area (Å²) >= 11 is 0. The highest BCUT2D eigenvalue weighted by Gasteiger charge is 2.31. The third-order valence-electron chi connectivity index (χ3n) is 5.11. The first-order chi connectivity index (χ1) is 11.0. The monoisotopic (exact) mass is 324 g/mol. The summed E-state index contributed by atoms with van der Waals surface area (Å²) in [4.78, 5) is 12.0. The van der Waals surface area contributed by atoms with Crippen LogP contribution in [0.1, 0.15) is 27.7 Å². The average Bonchev–Trinajstić information content (AvgIpc) is 2.54. The van der Waals surface area contributed by atoms with E-state index in [1.54, 1.807) is 0 Å². The quantitative estimate of drug-likeness (QED) is 0.520. The smallest absolute Gasteiger partial charge is 0.191 e. The summed E-state index contributed by atoms with van der Waals surface area (Å²) in [6.45, 7) is 18.1. The largest absolute Gasteiger partial charge is 0.355 e. The van der Waals surface area contributed by atoms with E-state index in [-0.39, 0.29) is 0 Å². The number of aliphatic imine (C=N–C) groups is 1. The van der Waals surface area contributed by atoms with Gasteiger partial charge in [-0.1, -0.05) is 0 Å². The lowest BCUT2D eigenvalue weighted by molar-refractivity contribution is 0.0154. The maximum absolute atomic E-state index is 4.36. The molecule has 6 heteroatoms. The molecule has 2 bridgehead atoms. The van der Waals surface area contributed by atoms with Gasteiger partial charge in [-0.2, -0.15) is 0 Å². The third kappa shape index (κ3) is 5.33. The predicted molar refractivity (Wildman–Crippen MR) is 98.1 cm³/mol. The topological polar surface area (TPSA) is 46.1 Å². The fourth-order valence-corrected chi connectivity index (χ4v) is 3.77. The molecule has 3 aliphatic heterocycles. The molecule has 2 N–H and O–H groups in total. The van der Waals surface area contributed by atoms with Crippen LogP contribution in [-0.2, 0) is 0 Å². The SMILES string of the molecule is CN=C(NCCN(C(C)C)C(C)C)NCC1CN2CCN1CC2. The molecule has 3 fully saturated rings.